The zero-order valence-corrected chi connectivity index (χ0v) is 17.0. The van der Waals surface area contributed by atoms with Crippen molar-refractivity contribution in [2.45, 2.75) is 44.1 Å². The van der Waals surface area contributed by atoms with Crippen LogP contribution in [0.1, 0.15) is 48.2 Å². The molecule has 9 nitrogen and oxygen atoms in total. The second-order valence-electron chi connectivity index (χ2n) is 7.39. The first kappa shape index (κ1) is 20.0. The maximum atomic E-state index is 12.7. The van der Waals surface area contributed by atoms with E-state index in [0.717, 1.165) is 24.3 Å². The Bertz CT molecular complexity index is 984. The summed E-state index contributed by atoms with van der Waals surface area (Å²) in [5.41, 5.74) is 2.43. The Morgan fingerprint density at radius 1 is 1.13 bits per heavy atom. The standard InChI is InChI=1S/C20H21N5O4S/c26-15(24-25-17(28)20(23-19(25)29)9-5-2-6-10-20)11-14-12-30-18(21-14)22-16(27)13-7-3-1-4-8-13/h1,3-4,7-8,12H,2,5-6,9-11H2,(H,23,29)(H,24,26)(H,21,22,27). The van der Waals surface area contributed by atoms with Crippen molar-refractivity contribution in [1.29, 1.82) is 0 Å². The van der Waals surface area contributed by atoms with Crippen molar-refractivity contribution in [2.24, 2.45) is 0 Å². The summed E-state index contributed by atoms with van der Waals surface area (Å²) in [6.45, 7) is 0. The van der Waals surface area contributed by atoms with Crippen molar-refractivity contribution in [3.05, 3.63) is 47.0 Å². The Hall–Kier alpha value is -3.27. The van der Waals surface area contributed by atoms with Crippen molar-refractivity contribution >= 4 is 40.2 Å². The van der Waals surface area contributed by atoms with Gasteiger partial charge in [0.2, 0.25) is 5.91 Å². The number of carbonyl (C=O) groups excluding carboxylic acids is 4. The van der Waals surface area contributed by atoms with Gasteiger partial charge in [-0.15, -0.1) is 11.3 Å². The Balaban J connectivity index is 1.34. The number of nitrogens with one attached hydrogen (secondary N) is 3. The summed E-state index contributed by atoms with van der Waals surface area (Å²) in [5.74, 6) is -1.23. The van der Waals surface area contributed by atoms with Crippen LogP contribution in [0.15, 0.2) is 35.7 Å². The average Bonchev–Trinajstić information content (AvgIpc) is 3.27. The van der Waals surface area contributed by atoms with Crippen LogP contribution in [0.4, 0.5) is 9.93 Å². The van der Waals surface area contributed by atoms with Crippen LogP contribution in [0.5, 0.6) is 0 Å². The van der Waals surface area contributed by atoms with Gasteiger partial charge in [0.25, 0.3) is 11.8 Å². The number of imide groups is 1. The second kappa shape index (κ2) is 8.23. The Kier molecular flexibility index (Phi) is 5.49. The second-order valence-corrected chi connectivity index (χ2v) is 8.25. The van der Waals surface area contributed by atoms with Gasteiger partial charge < -0.3 is 5.32 Å². The fourth-order valence-corrected chi connectivity index (χ4v) is 4.45. The summed E-state index contributed by atoms with van der Waals surface area (Å²) in [5, 5.41) is 8.21. The first-order valence-corrected chi connectivity index (χ1v) is 10.6. The molecule has 156 valence electrons. The van der Waals surface area contributed by atoms with Crippen LogP contribution >= 0.6 is 11.3 Å². The molecule has 5 amide bonds. The molecule has 2 aliphatic rings. The lowest BCUT2D eigenvalue weighted by Crippen LogP contribution is -2.51. The lowest BCUT2D eigenvalue weighted by molar-refractivity contribution is -0.139. The predicted octanol–water partition coefficient (Wildman–Crippen LogP) is 2.22. The summed E-state index contributed by atoms with van der Waals surface area (Å²) in [6, 6.07) is 8.12. The third-order valence-corrected chi connectivity index (χ3v) is 6.06. The highest BCUT2D eigenvalue weighted by molar-refractivity contribution is 7.14. The van der Waals surface area contributed by atoms with Crippen LogP contribution in [0, 0.1) is 0 Å². The normalized spacial score (nSPS) is 17.7. The van der Waals surface area contributed by atoms with E-state index in [4.69, 9.17) is 0 Å². The minimum atomic E-state index is -0.891. The van der Waals surface area contributed by atoms with Crippen molar-refractivity contribution in [1.82, 2.24) is 20.7 Å². The van der Waals surface area contributed by atoms with Crippen LogP contribution in [0.3, 0.4) is 0 Å². The Labute approximate surface area is 176 Å². The number of aromatic nitrogens is 1. The molecule has 2 aromatic rings. The number of anilines is 1. The molecular weight excluding hydrogens is 406 g/mol. The molecule has 1 saturated heterocycles. The van der Waals surface area contributed by atoms with Crippen molar-refractivity contribution < 1.29 is 19.2 Å². The van der Waals surface area contributed by atoms with Gasteiger partial charge in [-0.3, -0.25) is 25.1 Å². The van der Waals surface area contributed by atoms with Crippen LogP contribution < -0.4 is 16.1 Å². The van der Waals surface area contributed by atoms with E-state index < -0.39 is 23.4 Å². The van der Waals surface area contributed by atoms with E-state index in [2.05, 4.69) is 21.0 Å². The van der Waals surface area contributed by atoms with Gasteiger partial charge in [-0.1, -0.05) is 37.5 Å². The average molecular weight is 427 g/mol. The summed E-state index contributed by atoms with van der Waals surface area (Å²) >= 11 is 1.19. The third kappa shape index (κ3) is 4.04. The number of urea groups is 1. The Morgan fingerprint density at radius 2 is 1.87 bits per heavy atom. The van der Waals surface area contributed by atoms with Crippen LogP contribution in [-0.4, -0.2) is 39.3 Å². The quantitative estimate of drug-likeness (QED) is 0.632. The van der Waals surface area contributed by atoms with Gasteiger partial charge in [-0.2, -0.15) is 5.01 Å². The molecule has 1 saturated carbocycles. The third-order valence-electron chi connectivity index (χ3n) is 5.26. The van der Waals surface area contributed by atoms with Crippen LogP contribution in [-0.2, 0) is 16.0 Å². The van der Waals surface area contributed by atoms with Gasteiger partial charge in [0.1, 0.15) is 5.54 Å². The Morgan fingerprint density at radius 3 is 2.60 bits per heavy atom. The highest BCUT2D eigenvalue weighted by atomic mass is 32.1. The number of thiazole rings is 1. The minimum Gasteiger partial charge on any atom is -0.322 e. The molecule has 1 aromatic heterocycles. The molecule has 3 N–H and O–H groups in total. The molecule has 1 aliphatic carbocycles. The monoisotopic (exact) mass is 427 g/mol. The minimum absolute atomic E-state index is 0.123. The van der Waals surface area contributed by atoms with Crippen molar-refractivity contribution in [2.75, 3.05) is 5.32 Å². The first-order valence-electron chi connectivity index (χ1n) is 9.74. The highest BCUT2D eigenvalue weighted by Crippen LogP contribution is 2.33. The molecule has 1 aliphatic heterocycles. The number of rotatable bonds is 5. The topological polar surface area (TPSA) is 120 Å². The number of hydrogen-bond donors (Lipinski definition) is 3. The van der Waals surface area contributed by atoms with Gasteiger partial charge in [-0.25, -0.2) is 9.78 Å². The van der Waals surface area contributed by atoms with Gasteiger partial charge in [-0.05, 0) is 25.0 Å². The van der Waals surface area contributed by atoms with Gasteiger partial charge in [0.15, 0.2) is 5.13 Å². The number of nitrogens with zero attached hydrogens (tertiary/aromatic N) is 2. The van der Waals surface area contributed by atoms with E-state index in [0.29, 0.717) is 29.2 Å². The first-order chi connectivity index (χ1) is 14.5. The summed E-state index contributed by atoms with van der Waals surface area (Å²) in [6.07, 6.45) is 3.81. The number of hydrazine groups is 1. The molecule has 0 unspecified atom stereocenters. The summed E-state index contributed by atoms with van der Waals surface area (Å²) in [7, 11) is 0. The van der Waals surface area contributed by atoms with Gasteiger partial charge in [0.05, 0.1) is 12.1 Å². The molecule has 0 atom stereocenters. The van der Waals surface area contributed by atoms with Crippen molar-refractivity contribution in [3.63, 3.8) is 0 Å². The molecule has 2 fully saturated rings. The van der Waals surface area contributed by atoms with E-state index in [1.807, 2.05) is 6.07 Å². The molecule has 1 spiro atoms. The molecule has 10 heteroatoms. The fourth-order valence-electron chi connectivity index (χ4n) is 3.75. The van der Waals surface area contributed by atoms with Crippen LogP contribution in [0.25, 0.3) is 0 Å². The largest absolute Gasteiger partial charge is 0.344 e. The molecule has 30 heavy (non-hydrogen) atoms. The predicted molar refractivity (Wildman–Crippen MR) is 110 cm³/mol. The molecule has 0 bridgehead atoms. The van der Waals surface area contributed by atoms with E-state index in [1.54, 1.807) is 29.6 Å². The zero-order chi connectivity index (χ0) is 21.1. The van der Waals surface area contributed by atoms with E-state index in [9.17, 15) is 19.2 Å². The number of hydrogen-bond acceptors (Lipinski definition) is 6. The lowest BCUT2D eigenvalue weighted by atomic mass is 9.82. The molecular formula is C20H21N5O4S. The SMILES string of the molecule is O=C(Cc1csc(NC(=O)c2ccccc2)n1)NN1C(=O)NC2(CCCCC2)C1=O. The number of benzene rings is 1. The molecule has 4 rings (SSSR count). The van der Waals surface area contributed by atoms with E-state index in [1.165, 1.54) is 11.3 Å². The van der Waals surface area contributed by atoms with Gasteiger partial charge >= 0.3 is 6.03 Å². The number of amides is 5. The molecule has 0 radical (unpaired) electrons. The van der Waals surface area contributed by atoms with Crippen LogP contribution in [0.2, 0.25) is 0 Å². The molecule has 1 aromatic carbocycles. The zero-order valence-electron chi connectivity index (χ0n) is 16.1. The van der Waals surface area contributed by atoms with Crippen molar-refractivity contribution in [3.8, 4) is 0 Å². The maximum absolute atomic E-state index is 12.7. The fraction of sp³-hybridized carbons (Fsp3) is 0.350. The number of carbonyl (C=O) groups is 4. The van der Waals surface area contributed by atoms with E-state index in [-0.39, 0.29) is 12.3 Å². The summed E-state index contributed by atoms with van der Waals surface area (Å²) < 4.78 is 0. The lowest BCUT2D eigenvalue weighted by Gasteiger charge is -2.30. The van der Waals surface area contributed by atoms with Gasteiger partial charge in [0, 0.05) is 10.9 Å². The summed E-state index contributed by atoms with van der Waals surface area (Å²) in [4.78, 5) is 53.7. The van der Waals surface area contributed by atoms with E-state index >= 15 is 0 Å². The maximum Gasteiger partial charge on any atom is 0.344 e. The highest BCUT2D eigenvalue weighted by Gasteiger charge is 2.52. The smallest absolute Gasteiger partial charge is 0.322 e. The molecule has 2 heterocycles.